The molecule has 23 heavy (non-hydrogen) atoms. The summed E-state index contributed by atoms with van der Waals surface area (Å²) >= 11 is 5.94. The Morgan fingerprint density at radius 1 is 1.22 bits per heavy atom. The number of halogens is 1. The van der Waals surface area contributed by atoms with Gasteiger partial charge in [-0.05, 0) is 42.0 Å². The Morgan fingerprint density at radius 2 is 1.96 bits per heavy atom. The van der Waals surface area contributed by atoms with Gasteiger partial charge in [0.25, 0.3) is 5.91 Å². The van der Waals surface area contributed by atoms with Crippen LogP contribution in [0.15, 0.2) is 58.0 Å². The number of carbonyl (C=O) groups excluding carboxylic acids is 1. The SMILES string of the molecule is CN(Cc1ccncc1)C(=O)c1cc2cc(Cl)ccc2oc1=O. The van der Waals surface area contributed by atoms with E-state index in [0.29, 0.717) is 22.5 Å². The van der Waals surface area contributed by atoms with Crippen LogP contribution in [0, 0.1) is 0 Å². The molecule has 3 aromatic rings. The number of amides is 1. The fourth-order valence-corrected chi connectivity index (χ4v) is 2.46. The van der Waals surface area contributed by atoms with Crippen LogP contribution in [0.25, 0.3) is 11.0 Å². The third kappa shape index (κ3) is 3.24. The van der Waals surface area contributed by atoms with Crippen LogP contribution in [0.5, 0.6) is 0 Å². The van der Waals surface area contributed by atoms with E-state index in [0.717, 1.165) is 5.56 Å². The van der Waals surface area contributed by atoms with Crippen LogP contribution in [0.1, 0.15) is 15.9 Å². The standard InChI is InChI=1S/C17H13ClN2O3/c1-20(10-11-4-6-19-7-5-11)16(21)14-9-12-8-13(18)2-3-15(12)23-17(14)22/h2-9H,10H2,1H3. The molecule has 5 nitrogen and oxygen atoms in total. The normalized spacial score (nSPS) is 10.7. The first-order valence-electron chi connectivity index (χ1n) is 6.92. The van der Waals surface area contributed by atoms with Crippen LogP contribution < -0.4 is 5.63 Å². The van der Waals surface area contributed by atoms with Crippen LogP contribution in [-0.2, 0) is 6.54 Å². The molecular weight excluding hydrogens is 316 g/mol. The van der Waals surface area contributed by atoms with E-state index in [-0.39, 0.29) is 5.56 Å². The molecule has 0 saturated heterocycles. The summed E-state index contributed by atoms with van der Waals surface area (Å²) in [6, 6.07) is 10.0. The van der Waals surface area contributed by atoms with Crippen molar-refractivity contribution in [2.75, 3.05) is 7.05 Å². The molecule has 0 fully saturated rings. The van der Waals surface area contributed by atoms with Crippen molar-refractivity contribution in [1.29, 1.82) is 0 Å². The van der Waals surface area contributed by atoms with Crippen LogP contribution >= 0.6 is 11.6 Å². The second kappa shape index (κ2) is 6.22. The highest BCUT2D eigenvalue weighted by atomic mass is 35.5. The number of rotatable bonds is 3. The van der Waals surface area contributed by atoms with Crippen LogP contribution in [0.3, 0.4) is 0 Å². The maximum atomic E-state index is 12.5. The quantitative estimate of drug-likeness (QED) is 0.693. The molecular formula is C17H13ClN2O3. The van der Waals surface area contributed by atoms with E-state index >= 15 is 0 Å². The highest BCUT2D eigenvalue weighted by Crippen LogP contribution is 2.19. The molecule has 0 atom stereocenters. The minimum absolute atomic E-state index is 0.0173. The van der Waals surface area contributed by atoms with Gasteiger partial charge in [-0.1, -0.05) is 11.6 Å². The van der Waals surface area contributed by atoms with Crippen molar-refractivity contribution < 1.29 is 9.21 Å². The second-order valence-corrected chi connectivity index (χ2v) is 5.58. The van der Waals surface area contributed by atoms with Crippen LogP contribution in [-0.4, -0.2) is 22.8 Å². The molecule has 0 aliphatic carbocycles. The van der Waals surface area contributed by atoms with Crippen molar-refractivity contribution in [3.8, 4) is 0 Å². The zero-order chi connectivity index (χ0) is 16.4. The third-order valence-electron chi connectivity index (χ3n) is 3.44. The second-order valence-electron chi connectivity index (χ2n) is 5.15. The Morgan fingerprint density at radius 3 is 2.70 bits per heavy atom. The Kier molecular flexibility index (Phi) is 4.12. The molecule has 2 heterocycles. The number of benzene rings is 1. The largest absolute Gasteiger partial charge is 0.422 e. The molecule has 0 radical (unpaired) electrons. The summed E-state index contributed by atoms with van der Waals surface area (Å²) in [4.78, 5) is 30.0. The number of pyridine rings is 1. The van der Waals surface area contributed by atoms with Gasteiger partial charge >= 0.3 is 5.63 Å². The molecule has 0 aliphatic heterocycles. The summed E-state index contributed by atoms with van der Waals surface area (Å²) in [6.45, 7) is 0.369. The van der Waals surface area contributed by atoms with Gasteiger partial charge < -0.3 is 9.32 Å². The Labute approximate surface area is 137 Å². The fourth-order valence-electron chi connectivity index (χ4n) is 2.28. The molecule has 116 valence electrons. The van der Waals surface area contributed by atoms with E-state index in [1.54, 1.807) is 37.6 Å². The van der Waals surface area contributed by atoms with Gasteiger partial charge in [-0.25, -0.2) is 4.79 Å². The molecule has 2 aromatic heterocycles. The zero-order valence-corrected chi connectivity index (χ0v) is 13.1. The van der Waals surface area contributed by atoms with E-state index < -0.39 is 11.5 Å². The van der Waals surface area contributed by atoms with E-state index in [2.05, 4.69) is 4.98 Å². The van der Waals surface area contributed by atoms with Crippen LogP contribution in [0.2, 0.25) is 5.02 Å². The number of fused-ring (bicyclic) bond motifs is 1. The van der Waals surface area contributed by atoms with Crippen molar-refractivity contribution >= 4 is 28.5 Å². The summed E-state index contributed by atoms with van der Waals surface area (Å²) in [5.74, 6) is -0.405. The summed E-state index contributed by atoms with van der Waals surface area (Å²) in [5.41, 5.74) is 0.638. The number of nitrogens with zero attached hydrogens (tertiary/aromatic N) is 2. The minimum Gasteiger partial charge on any atom is -0.422 e. The Balaban J connectivity index is 1.93. The van der Waals surface area contributed by atoms with Crippen molar-refractivity contribution in [2.24, 2.45) is 0 Å². The third-order valence-corrected chi connectivity index (χ3v) is 3.68. The predicted octanol–water partition coefficient (Wildman–Crippen LogP) is 3.11. The highest BCUT2D eigenvalue weighted by molar-refractivity contribution is 6.31. The van der Waals surface area contributed by atoms with E-state index in [9.17, 15) is 9.59 Å². The first-order chi connectivity index (χ1) is 11.0. The van der Waals surface area contributed by atoms with E-state index in [1.807, 2.05) is 12.1 Å². The summed E-state index contributed by atoms with van der Waals surface area (Å²) in [5, 5.41) is 1.12. The summed E-state index contributed by atoms with van der Waals surface area (Å²) < 4.78 is 5.20. The van der Waals surface area contributed by atoms with E-state index in [4.69, 9.17) is 16.0 Å². The van der Waals surface area contributed by atoms with Crippen molar-refractivity contribution in [1.82, 2.24) is 9.88 Å². The van der Waals surface area contributed by atoms with Crippen molar-refractivity contribution in [3.05, 3.63) is 75.4 Å². The fraction of sp³-hybridized carbons (Fsp3) is 0.118. The summed E-state index contributed by atoms with van der Waals surface area (Å²) in [7, 11) is 1.63. The zero-order valence-electron chi connectivity index (χ0n) is 12.3. The maximum Gasteiger partial charge on any atom is 0.349 e. The molecule has 3 rings (SSSR count). The monoisotopic (exact) mass is 328 g/mol. The predicted molar refractivity (Wildman–Crippen MR) is 87.5 cm³/mol. The van der Waals surface area contributed by atoms with Gasteiger partial charge in [0.2, 0.25) is 0 Å². The highest BCUT2D eigenvalue weighted by Gasteiger charge is 2.18. The van der Waals surface area contributed by atoms with Crippen molar-refractivity contribution in [3.63, 3.8) is 0 Å². The molecule has 6 heteroatoms. The lowest BCUT2D eigenvalue weighted by Gasteiger charge is -2.16. The number of aromatic nitrogens is 1. The first kappa shape index (κ1) is 15.2. The first-order valence-corrected chi connectivity index (χ1v) is 7.30. The Hall–Kier alpha value is -2.66. The average molecular weight is 329 g/mol. The van der Waals surface area contributed by atoms with Crippen molar-refractivity contribution in [2.45, 2.75) is 6.54 Å². The van der Waals surface area contributed by atoms with Gasteiger partial charge in [0.05, 0.1) is 0 Å². The van der Waals surface area contributed by atoms with Gasteiger partial charge in [-0.15, -0.1) is 0 Å². The minimum atomic E-state index is -0.661. The van der Waals surface area contributed by atoms with Gasteiger partial charge in [-0.2, -0.15) is 0 Å². The molecule has 1 amide bonds. The van der Waals surface area contributed by atoms with E-state index in [1.165, 1.54) is 11.0 Å². The molecule has 1 aromatic carbocycles. The van der Waals surface area contributed by atoms with Gasteiger partial charge in [-0.3, -0.25) is 9.78 Å². The number of hydrogen-bond donors (Lipinski definition) is 0. The average Bonchev–Trinajstić information content (AvgIpc) is 2.55. The lowest BCUT2D eigenvalue weighted by Crippen LogP contribution is -2.30. The van der Waals surface area contributed by atoms with Crippen LogP contribution in [0.4, 0.5) is 0 Å². The number of hydrogen-bond acceptors (Lipinski definition) is 4. The molecule has 0 saturated carbocycles. The molecule has 0 unspecified atom stereocenters. The lowest BCUT2D eigenvalue weighted by molar-refractivity contribution is 0.0781. The molecule has 0 aliphatic rings. The van der Waals surface area contributed by atoms with Gasteiger partial charge in [0, 0.05) is 36.4 Å². The smallest absolute Gasteiger partial charge is 0.349 e. The van der Waals surface area contributed by atoms with Gasteiger partial charge in [0.1, 0.15) is 11.1 Å². The lowest BCUT2D eigenvalue weighted by atomic mass is 10.1. The molecule has 0 bridgehead atoms. The van der Waals surface area contributed by atoms with Gasteiger partial charge in [0.15, 0.2) is 0 Å². The molecule has 0 spiro atoms. The molecule has 0 N–H and O–H groups in total. The maximum absolute atomic E-state index is 12.5. The summed E-state index contributed by atoms with van der Waals surface area (Å²) in [6.07, 6.45) is 3.31. The topological polar surface area (TPSA) is 63.4 Å². The number of carbonyl (C=O) groups is 1. The Bertz CT molecular complexity index is 922.